The predicted octanol–water partition coefficient (Wildman–Crippen LogP) is 8.94. The van der Waals surface area contributed by atoms with Crippen molar-refractivity contribution >= 4 is 8.56 Å². The molecule has 0 aliphatic carbocycles. The number of hydrogen-bond donors (Lipinski definition) is 0. The van der Waals surface area contributed by atoms with Crippen LogP contribution in [0.2, 0.25) is 13.1 Å². The van der Waals surface area contributed by atoms with Crippen molar-refractivity contribution in [3.63, 3.8) is 0 Å². The van der Waals surface area contributed by atoms with Gasteiger partial charge in [0.15, 0.2) is 0 Å². The quantitative estimate of drug-likeness (QED) is 0.350. The second-order valence-electron chi connectivity index (χ2n) is 14.8. The van der Waals surface area contributed by atoms with Crippen LogP contribution in [0.15, 0.2) is 24.3 Å². The summed E-state index contributed by atoms with van der Waals surface area (Å²) < 4.78 is 13.8. The lowest BCUT2D eigenvalue weighted by molar-refractivity contribution is 0.373. The van der Waals surface area contributed by atoms with Crippen molar-refractivity contribution < 1.29 is 8.85 Å². The maximum atomic E-state index is 6.89. The molecule has 0 spiro atoms. The van der Waals surface area contributed by atoms with Crippen LogP contribution in [0.25, 0.3) is 0 Å². The van der Waals surface area contributed by atoms with Gasteiger partial charge in [0.2, 0.25) is 0 Å². The Bertz CT molecular complexity index is 995. The van der Waals surface area contributed by atoms with Gasteiger partial charge in [0, 0.05) is 19.5 Å². The molecule has 0 saturated heterocycles. The van der Waals surface area contributed by atoms with Crippen molar-refractivity contribution in [2.24, 2.45) is 0 Å². The summed E-state index contributed by atoms with van der Waals surface area (Å²) in [6, 6.07) is 9.53. The zero-order valence-corrected chi connectivity index (χ0v) is 25.3. The van der Waals surface area contributed by atoms with E-state index in [-0.39, 0.29) is 21.7 Å². The molecule has 2 aromatic rings. The molecular weight excluding hydrogens is 432 g/mol. The smallest absolute Gasteiger partial charge is 0.454 e. The van der Waals surface area contributed by atoms with Crippen molar-refractivity contribution in [1.29, 1.82) is 0 Å². The molecule has 188 valence electrons. The topological polar surface area (TPSA) is 18.5 Å². The Labute approximate surface area is 210 Å². The van der Waals surface area contributed by atoms with Gasteiger partial charge < -0.3 is 8.85 Å². The highest BCUT2D eigenvalue weighted by molar-refractivity contribution is 6.66. The fourth-order valence-corrected chi connectivity index (χ4v) is 6.09. The standard InChI is InChI=1S/C31H48O2Si/c1-28(2,3)22-16-20-15-21-17-23(29(4,5)6)19-25(31(10,11)12)27(21)33-34(13,14)32-26(20)24(18-22)30(7,8)9/h16-19H,15H2,1-14H3. The molecule has 0 amide bonds. The molecular formula is C31H48O2Si. The minimum Gasteiger partial charge on any atom is -0.512 e. The molecule has 1 aliphatic rings. The summed E-state index contributed by atoms with van der Waals surface area (Å²) in [4.78, 5) is 0. The molecule has 0 bridgehead atoms. The first-order chi connectivity index (χ1) is 15.1. The lowest BCUT2D eigenvalue weighted by atomic mass is 9.76. The normalized spacial score (nSPS) is 16.5. The van der Waals surface area contributed by atoms with Crippen LogP contribution in [0.3, 0.4) is 0 Å². The lowest BCUT2D eigenvalue weighted by Crippen LogP contribution is -2.44. The van der Waals surface area contributed by atoms with Crippen molar-refractivity contribution in [2.75, 3.05) is 0 Å². The molecule has 1 heterocycles. The monoisotopic (exact) mass is 480 g/mol. The van der Waals surface area contributed by atoms with E-state index in [9.17, 15) is 0 Å². The molecule has 2 nitrogen and oxygen atoms in total. The molecule has 0 saturated carbocycles. The van der Waals surface area contributed by atoms with Crippen LogP contribution in [0.5, 0.6) is 11.5 Å². The van der Waals surface area contributed by atoms with E-state index in [0.717, 1.165) is 17.9 Å². The van der Waals surface area contributed by atoms with Crippen molar-refractivity contribution in [1.82, 2.24) is 0 Å². The molecule has 0 unspecified atom stereocenters. The van der Waals surface area contributed by atoms with E-state index in [4.69, 9.17) is 8.85 Å². The van der Waals surface area contributed by atoms with Crippen molar-refractivity contribution in [2.45, 2.75) is 124 Å². The predicted molar refractivity (Wildman–Crippen MR) is 149 cm³/mol. The fourth-order valence-electron chi connectivity index (χ4n) is 4.58. The summed E-state index contributed by atoms with van der Waals surface area (Å²) in [5, 5.41) is 0. The van der Waals surface area contributed by atoms with E-state index in [1.165, 1.54) is 33.4 Å². The van der Waals surface area contributed by atoms with E-state index in [1.54, 1.807) is 0 Å². The highest BCUT2D eigenvalue weighted by atomic mass is 28.4. The van der Waals surface area contributed by atoms with Gasteiger partial charge in [-0.05, 0) is 55.0 Å². The Morgan fingerprint density at radius 2 is 0.853 bits per heavy atom. The van der Waals surface area contributed by atoms with Crippen LogP contribution in [-0.4, -0.2) is 8.56 Å². The van der Waals surface area contributed by atoms with Crippen LogP contribution in [-0.2, 0) is 28.1 Å². The van der Waals surface area contributed by atoms with Gasteiger partial charge in [0.25, 0.3) is 0 Å². The summed E-state index contributed by atoms with van der Waals surface area (Å²) in [5.41, 5.74) is 7.94. The maximum Gasteiger partial charge on any atom is 0.454 e. The number of hydrogen-bond acceptors (Lipinski definition) is 2. The first-order valence-electron chi connectivity index (χ1n) is 12.8. The Kier molecular flexibility index (Phi) is 6.44. The van der Waals surface area contributed by atoms with E-state index < -0.39 is 8.56 Å². The largest absolute Gasteiger partial charge is 0.512 e. The molecule has 0 atom stereocenters. The van der Waals surface area contributed by atoms with Gasteiger partial charge in [-0.15, -0.1) is 0 Å². The van der Waals surface area contributed by atoms with Gasteiger partial charge in [0.05, 0.1) is 0 Å². The Morgan fingerprint density at radius 3 is 1.12 bits per heavy atom. The van der Waals surface area contributed by atoms with Gasteiger partial charge in [0.1, 0.15) is 11.5 Å². The molecule has 0 aromatic heterocycles. The molecule has 0 radical (unpaired) electrons. The van der Waals surface area contributed by atoms with Crippen molar-refractivity contribution in [3.8, 4) is 11.5 Å². The third-order valence-corrected chi connectivity index (χ3v) is 8.15. The third kappa shape index (κ3) is 5.56. The Balaban J connectivity index is 2.42. The van der Waals surface area contributed by atoms with E-state index in [2.05, 4.69) is 120 Å². The fraction of sp³-hybridized carbons (Fsp3) is 0.613. The van der Waals surface area contributed by atoms with Crippen LogP contribution >= 0.6 is 0 Å². The van der Waals surface area contributed by atoms with Gasteiger partial charge in [-0.25, -0.2) is 0 Å². The summed E-state index contributed by atoms with van der Waals surface area (Å²) >= 11 is 0. The maximum absolute atomic E-state index is 6.89. The minimum absolute atomic E-state index is 0.0261. The molecule has 0 fully saturated rings. The molecule has 3 rings (SSSR count). The Hall–Kier alpha value is -1.74. The van der Waals surface area contributed by atoms with E-state index in [0.29, 0.717) is 0 Å². The van der Waals surface area contributed by atoms with Crippen molar-refractivity contribution in [3.05, 3.63) is 57.6 Å². The van der Waals surface area contributed by atoms with Crippen LogP contribution in [0, 0.1) is 0 Å². The van der Waals surface area contributed by atoms with E-state index >= 15 is 0 Å². The summed E-state index contributed by atoms with van der Waals surface area (Å²) in [6.07, 6.45) is 0.815. The third-order valence-electron chi connectivity index (χ3n) is 6.76. The molecule has 2 aromatic carbocycles. The first kappa shape index (κ1) is 26.9. The van der Waals surface area contributed by atoms with Gasteiger partial charge >= 0.3 is 8.56 Å². The summed E-state index contributed by atoms with van der Waals surface area (Å²) in [6.45, 7) is 31.9. The van der Waals surface area contributed by atoms with Crippen LogP contribution in [0.1, 0.15) is 116 Å². The number of benzene rings is 2. The first-order valence-corrected chi connectivity index (χ1v) is 15.6. The van der Waals surface area contributed by atoms with Crippen LogP contribution < -0.4 is 8.85 Å². The second kappa shape index (κ2) is 8.15. The second-order valence-corrected chi connectivity index (χ2v) is 18.0. The highest BCUT2D eigenvalue weighted by Crippen LogP contribution is 2.46. The van der Waals surface area contributed by atoms with Crippen LogP contribution in [0.4, 0.5) is 0 Å². The molecule has 3 heteroatoms. The van der Waals surface area contributed by atoms with Gasteiger partial charge in [-0.2, -0.15) is 0 Å². The SMILES string of the molecule is CC(C)(C)c1cc2c(c(C(C)(C)C)c1)O[Si](C)(C)Oc1c(cc(C(C)(C)C)cc1C(C)(C)C)C2. The van der Waals surface area contributed by atoms with Gasteiger partial charge in [-0.3, -0.25) is 0 Å². The molecule has 1 aliphatic heterocycles. The lowest BCUT2D eigenvalue weighted by Gasteiger charge is -2.38. The average molecular weight is 481 g/mol. The summed E-state index contributed by atoms with van der Waals surface area (Å²) in [7, 11) is -2.52. The van der Waals surface area contributed by atoms with Gasteiger partial charge in [-0.1, -0.05) is 107 Å². The Morgan fingerprint density at radius 1 is 0.529 bits per heavy atom. The molecule has 34 heavy (non-hydrogen) atoms. The van der Waals surface area contributed by atoms with E-state index in [1.807, 2.05) is 0 Å². The minimum atomic E-state index is -2.52. The number of rotatable bonds is 0. The zero-order valence-electron chi connectivity index (χ0n) is 24.3. The molecule has 0 N–H and O–H groups in total. The average Bonchev–Trinajstić information content (AvgIpc) is 2.58. The number of fused-ring (bicyclic) bond motifs is 2. The summed E-state index contributed by atoms with van der Waals surface area (Å²) in [5.74, 6) is 2.09. The highest BCUT2D eigenvalue weighted by Gasteiger charge is 2.38. The zero-order chi connectivity index (χ0) is 26.1.